The molecule has 3 aliphatic rings. The Labute approximate surface area is 149 Å². The molecule has 2 aromatic rings. The van der Waals surface area contributed by atoms with Gasteiger partial charge >= 0.3 is 0 Å². The molecule has 2 unspecified atom stereocenters. The summed E-state index contributed by atoms with van der Waals surface area (Å²) in [5.74, 6) is 1.78. The highest BCUT2D eigenvalue weighted by molar-refractivity contribution is 6.06. The van der Waals surface area contributed by atoms with Crippen molar-refractivity contribution in [3.8, 4) is 0 Å². The summed E-state index contributed by atoms with van der Waals surface area (Å²) >= 11 is 0. The number of aliphatic imine (C=N–C) groups is 1. The van der Waals surface area contributed by atoms with Gasteiger partial charge in [-0.25, -0.2) is 0 Å². The number of fused-ring (bicyclic) bond motifs is 6. The summed E-state index contributed by atoms with van der Waals surface area (Å²) in [7, 11) is 0. The lowest BCUT2D eigenvalue weighted by molar-refractivity contribution is 0.275. The molecule has 0 saturated carbocycles. The van der Waals surface area contributed by atoms with Gasteiger partial charge in [0.15, 0.2) is 0 Å². The summed E-state index contributed by atoms with van der Waals surface area (Å²) in [6, 6.07) is 19.8. The van der Waals surface area contributed by atoms with E-state index in [0.29, 0.717) is 12.1 Å². The normalized spacial score (nSPS) is 24.4. The molecule has 3 nitrogen and oxygen atoms in total. The Morgan fingerprint density at radius 3 is 2.54 bits per heavy atom. The second-order valence-corrected chi connectivity index (χ2v) is 6.68. The minimum atomic E-state index is 0. The standard InChI is InChI=1S/C20H21N3.ClH/c1-2-7-15(8-3-1)16-11-14-22-18-10-5-4-9-17(18)19-21-12-6-13-23(19)20(16)22;/h1-5,7-10,16,20H,6,11-14H2;1H. The van der Waals surface area contributed by atoms with E-state index in [1.807, 2.05) is 0 Å². The Balaban J connectivity index is 0.00000146. The number of rotatable bonds is 1. The number of halogens is 1. The van der Waals surface area contributed by atoms with Crippen molar-refractivity contribution in [3.63, 3.8) is 0 Å². The van der Waals surface area contributed by atoms with Crippen LogP contribution in [0.3, 0.4) is 0 Å². The molecule has 3 aliphatic heterocycles. The van der Waals surface area contributed by atoms with Gasteiger partial charge in [0, 0.05) is 36.8 Å². The molecule has 0 amide bonds. The maximum atomic E-state index is 4.90. The SMILES string of the molecule is Cl.c1ccc(C2CCN3c4ccccc4C4=NCCCN4C23)cc1. The number of anilines is 1. The van der Waals surface area contributed by atoms with Crippen molar-refractivity contribution in [1.82, 2.24) is 4.90 Å². The number of para-hydroxylation sites is 1. The third-order valence-corrected chi connectivity index (χ3v) is 5.45. The number of hydrogen-bond donors (Lipinski definition) is 0. The number of amidine groups is 1. The first kappa shape index (κ1) is 15.5. The number of hydrogen-bond acceptors (Lipinski definition) is 3. The van der Waals surface area contributed by atoms with E-state index in [1.54, 1.807) is 0 Å². The lowest BCUT2D eigenvalue weighted by Gasteiger charge is -2.47. The van der Waals surface area contributed by atoms with Crippen LogP contribution in [0.25, 0.3) is 0 Å². The third-order valence-electron chi connectivity index (χ3n) is 5.45. The second kappa shape index (κ2) is 6.14. The van der Waals surface area contributed by atoms with E-state index in [9.17, 15) is 0 Å². The van der Waals surface area contributed by atoms with Crippen LogP contribution in [0.1, 0.15) is 29.9 Å². The van der Waals surface area contributed by atoms with Gasteiger partial charge in [0.1, 0.15) is 12.0 Å². The van der Waals surface area contributed by atoms with Crippen LogP contribution in [0.4, 0.5) is 5.69 Å². The first-order chi connectivity index (χ1) is 11.4. The fraction of sp³-hybridized carbons (Fsp3) is 0.350. The molecule has 3 heterocycles. The molecule has 1 saturated heterocycles. The van der Waals surface area contributed by atoms with Crippen LogP contribution in [0.5, 0.6) is 0 Å². The van der Waals surface area contributed by atoms with Gasteiger partial charge in [0.2, 0.25) is 0 Å². The van der Waals surface area contributed by atoms with Gasteiger partial charge in [-0.2, -0.15) is 0 Å². The Bertz CT molecular complexity index is 758. The molecule has 24 heavy (non-hydrogen) atoms. The summed E-state index contributed by atoms with van der Waals surface area (Å²) in [5.41, 5.74) is 4.15. The van der Waals surface area contributed by atoms with Gasteiger partial charge in [0.25, 0.3) is 0 Å². The fourth-order valence-corrected chi connectivity index (χ4v) is 4.50. The van der Waals surface area contributed by atoms with Crippen molar-refractivity contribution in [2.45, 2.75) is 24.9 Å². The molecule has 0 aromatic heterocycles. The average molecular weight is 340 g/mol. The van der Waals surface area contributed by atoms with E-state index >= 15 is 0 Å². The highest BCUT2D eigenvalue weighted by atomic mass is 35.5. The van der Waals surface area contributed by atoms with Crippen LogP contribution in [0, 0.1) is 0 Å². The predicted molar refractivity (Wildman–Crippen MR) is 101 cm³/mol. The van der Waals surface area contributed by atoms with Crippen LogP contribution in [0.15, 0.2) is 59.6 Å². The quantitative estimate of drug-likeness (QED) is 0.784. The third kappa shape index (κ3) is 2.22. The Morgan fingerprint density at radius 2 is 1.67 bits per heavy atom. The molecule has 0 bridgehead atoms. The number of benzene rings is 2. The molecule has 0 radical (unpaired) electrons. The summed E-state index contributed by atoms with van der Waals surface area (Å²) < 4.78 is 0. The minimum Gasteiger partial charge on any atom is -0.350 e. The van der Waals surface area contributed by atoms with E-state index in [0.717, 1.165) is 26.1 Å². The highest BCUT2D eigenvalue weighted by Gasteiger charge is 2.45. The van der Waals surface area contributed by atoms with E-state index in [4.69, 9.17) is 4.99 Å². The molecule has 5 rings (SSSR count). The van der Waals surface area contributed by atoms with Crippen molar-refractivity contribution >= 4 is 23.9 Å². The summed E-state index contributed by atoms with van der Waals surface area (Å²) in [6.45, 7) is 3.21. The van der Waals surface area contributed by atoms with Crippen molar-refractivity contribution in [2.24, 2.45) is 4.99 Å². The van der Waals surface area contributed by atoms with Gasteiger partial charge in [-0.15, -0.1) is 12.4 Å². The van der Waals surface area contributed by atoms with E-state index in [-0.39, 0.29) is 12.4 Å². The zero-order valence-corrected chi connectivity index (χ0v) is 14.5. The Kier molecular flexibility index (Phi) is 3.97. The van der Waals surface area contributed by atoms with Crippen LogP contribution >= 0.6 is 12.4 Å². The van der Waals surface area contributed by atoms with Crippen LogP contribution in [-0.4, -0.2) is 36.5 Å². The van der Waals surface area contributed by atoms with E-state index in [1.165, 1.54) is 29.1 Å². The van der Waals surface area contributed by atoms with E-state index in [2.05, 4.69) is 64.4 Å². The van der Waals surface area contributed by atoms with Gasteiger partial charge in [-0.3, -0.25) is 4.99 Å². The topological polar surface area (TPSA) is 18.8 Å². The molecular formula is C20H22ClN3. The Hall–Kier alpha value is -2.00. The van der Waals surface area contributed by atoms with Crippen LogP contribution in [-0.2, 0) is 0 Å². The van der Waals surface area contributed by atoms with Gasteiger partial charge in [-0.05, 0) is 30.5 Å². The van der Waals surface area contributed by atoms with Gasteiger partial charge in [0.05, 0.1) is 0 Å². The first-order valence-electron chi connectivity index (χ1n) is 8.65. The zero-order chi connectivity index (χ0) is 15.2. The maximum Gasteiger partial charge on any atom is 0.134 e. The smallest absolute Gasteiger partial charge is 0.134 e. The molecule has 0 spiro atoms. The molecule has 124 valence electrons. The molecular weight excluding hydrogens is 318 g/mol. The molecule has 0 N–H and O–H groups in total. The van der Waals surface area contributed by atoms with Crippen molar-refractivity contribution in [1.29, 1.82) is 0 Å². The monoisotopic (exact) mass is 339 g/mol. The van der Waals surface area contributed by atoms with E-state index < -0.39 is 0 Å². The predicted octanol–water partition coefficient (Wildman–Crippen LogP) is 3.89. The van der Waals surface area contributed by atoms with Gasteiger partial charge < -0.3 is 9.80 Å². The fourth-order valence-electron chi connectivity index (χ4n) is 4.50. The van der Waals surface area contributed by atoms with Gasteiger partial charge in [-0.1, -0.05) is 42.5 Å². The van der Waals surface area contributed by atoms with Crippen LogP contribution < -0.4 is 4.90 Å². The lowest BCUT2D eigenvalue weighted by atomic mass is 9.92. The average Bonchev–Trinajstić information content (AvgIpc) is 3.08. The lowest BCUT2D eigenvalue weighted by Crippen LogP contribution is -2.56. The summed E-state index contributed by atoms with van der Waals surface area (Å²) in [6.07, 6.45) is 2.80. The second-order valence-electron chi connectivity index (χ2n) is 6.68. The number of nitrogens with zero attached hydrogens (tertiary/aromatic N) is 3. The largest absolute Gasteiger partial charge is 0.350 e. The molecule has 2 atom stereocenters. The minimum absolute atomic E-state index is 0. The molecule has 2 aromatic carbocycles. The van der Waals surface area contributed by atoms with Crippen molar-refractivity contribution in [3.05, 3.63) is 65.7 Å². The summed E-state index contributed by atoms with van der Waals surface area (Å²) in [4.78, 5) is 10.1. The highest BCUT2D eigenvalue weighted by Crippen LogP contribution is 2.44. The maximum absolute atomic E-state index is 4.90. The molecule has 4 heteroatoms. The van der Waals surface area contributed by atoms with Crippen LogP contribution in [0.2, 0.25) is 0 Å². The summed E-state index contributed by atoms with van der Waals surface area (Å²) in [5, 5.41) is 0. The first-order valence-corrected chi connectivity index (χ1v) is 8.65. The van der Waals surface area contributed by atoms with Crippen molar-refractivity contribution in [2.75, 3.05) is 24.5 Å². The molecule has 1 fully saturated rings. The van der Waals surface area contributed by atoms with Crippen molar-refractivity contribution < 1.29 is 0 Å². The Morgan fingerprint density at radius 1 is 0.875 bits per heavy atom. The zero-order valence-electron chi connectivity index (χ0n) is 13.6. The molecule has 0 aliphatic carbocycles.